The summed E-state index contributed by atoms with van der Waals surface area (Å²) in [4.78, 5) is 24.4. The van der Waals surface area contributed by atoms with E-state index in [0.717, 1.165) is 33.4 Å². The van der Waals surface area contributed by atoms with Gasteiger partial charge in [-0.25, -0.2) is 4.79 Å². The SMILES string of the molecule is O=C(O)C[C@H](NC(=O)OCC1c2ccccc2-c2ccccc21)c1cccc(-c2ccccc2)c1. The predicted molar refractivity (Wildman–Crippen MR) is 135 cm³/mol. The van der Waals surface area contributed by atoms with Gasteiger partial charge in [0.25, 0.3) is 0 Å². The number of aliphatic carboxylic acids is 1. The Labute approximate surface area is 204 Å². The molecule has 1 amide bonds. The number of nitrogens with one attached hydrogen (secondary N) is 1. The molecule has 1 aliphatic carbocycles. The second kappa shape index (κ2) is 9.85. The normalized spacial score (nSPS) is 12.9. The number of alkyl carbamates (subject to hydrolysis) is 1. The van der Waals surface area contributed by atoms with E-state index in [1.54, 1.807) is 0 Å². The van der Waals surface area contributed by atoms with Gasteiger partial charge in [-0.1, -0.05) is 97.1 Å². The fourth-order valence-electron chi connectivity index (χ4n) is 4.77. The average molecular weight is 464 g/mol. The molecule has 0 saturated carbocycles. The third-order valence-corrected chi connectivity index (χ3v) is 6.41. The number of carboxylic acid groups (broad SMARTS) is 1. The number of rotatable bonds is 7. The number of amides is 1. The first-order valence-electron chi connectivity index (χ1n) is 11.6. The Kier molecular flexibility index (Phi) is 6.31. The Morgan fingerprint density at radius 3 is 2.03 bits per heavy atom. The van der Waals surface area contributed by atoms with Gasteiger partial charge in [0.05, 0.1) is 12.5 Å². The fraction of sp³-hybridized carbons (Fsp3) is 0.133. The topological polar surface area (TPSA) is 75.6 Å². The Morgan fingerprint density at radius 1 is 0.771 bits per heavy atom. The van der Waals surface area contributed by atoms with E-state index in [2.05, 4.69) is 29.6 Å². The van der Waals surface area contributed by atoms with E-state index >= 15 is 0 Å². The number of carbonyl (C=O) groups is 2. The van der Waals surface area contributed by atoms with Crippen LogP contribution in [0.15, 0.2) is 103 Å². The van der Waals surface area contributed by atoms with Gasteiger partial charge >= 0.3 is 12.1 Å². The van der Waals surface area contributed by atoms with Crippen molar-refractivity contribution in [1.29, 1.82) is 0 Å². The first-order chi connectivity index (χ1) is 17.1. The van der Waals surface area contributed by atoms with Gasteiger partial charge in [0.15, 0.2) is 0 Å². The van der Waals surface area contributed by atoms with Gasteiger partial charge in [-0.2, -0.15) is 0 Å². The first kappa shape index (κ1) is 22.4. The summed E-state index contributed by atoms with van der Waals surface area (Å²) in [5.41, 5.74) is 7.23. The van der Waals surface area contributed by atoms with E-state index in [1.165, 1.54) is 0 Å². The van der Waals surface area contributed by atoms with E-state index in [4.69, 9.17) is 4.74 Å². The molecule has 0 heterocycles. The highest BCUT2D eigenvalue weighted by Crippen LogP contribution is 2.44. The van der Waals surface area contributed by atoms with Crippen molar-refractivity contribution in [2.75, 3.05) is 6.61 Å². The highest BCUT2D eigenvalue weighted by atomic mass is 16.5. The van der Waals surface area contributed by atoms with Gasteiger partial charge in [-0.15, -0.1) is 0 Å². The van der Waals surface area contributed by atoms with Gasteiger partial charge in [-0.3, -0.25) is 4.79 Å². The lowest BCUT2D eigenvalue weighted by Gasteiger charge is -2.20. The molecular weight excluding hydrogens is 438 g/mol. The highest BCUT2D eigenvalue weighted by molar-refractivity contribution is 5.79. The van der Waals surface area contributed by atoms with E-state index in [0.29, 0.717) is 5.56 Å². The van der Waals surface area contributed by atoms with Crippen molar-refractivity contribution in [2.24, 2.45) is 0 Å². The van der Waals surface area contributed by atoms with Crippen molar-refractivity contribution in [3.05, 3.63) is 120 Å². The van der Waals surface area contributed by atoms with Crippen molar-refractivity contribution in [1.82, 2.24) is 5.32 Å². The lowest BCUT2D eigenvalue weighted by atomic mass is 9.98. The van der Waals surface area contributed by atoms with Crippen molar-refractivity contribution in [3.63, 3.8) is 0 Å². The Balaban J connectivity index is 1.32. The van der Waals surface area contributed by atoms with Crippen LogP contribution in [0.4, 0.5) is 4.79 Å². The smallest absolute Gasteiger partial charge is 0.407 e. The zero-order valence-corrected chi connectivity index (χ0v) is 19.1. The third-order valence-electron chi connectivity index (χ3n) is 6.41. The summed E-state index contributed by atoms with van der Waals surface area (Å²) in [5, 5.41) is 12.2. The van der Waals surface area contributed by atoms with E-state index in [-0.39, 0.29) is 18.9 Å². The Morgan fingerprint density at radius 2 is 1.37 bits per heavy atom. The molecule has 4 aromatic carbocycles. The third kappa shape index (κ3) is 4.80. The van der Waals surface area contributed by atoms with Gasteiger partial charge in [0.1, 0.15) is 6.61 Å². The summed E-state index contributed by atoms with van der Waals surface area (Å²) in [6.07, 6.45) is -0.883. The number of fused-ring (bicyclic) bond motifs is 3. The molecule has 0 spiro atoms. The molecule has 5 rings (SSSR count). The van der Waals surface area contributed by atoms with Crippen molar-refractivity contribution >= 4 is 12.1 Å². The minimum absolute atomic E-state index is 0.0625. The number of hydrogen-bond donors (Lipinski definition) is 2. The number of ether oxygens (including phenoxy) is 1. The molecule has 0 aromatic heterocycles. The first-order valence-corrected chi connectivity index (χ1v) is 11.6. The summed E-state index contributed by atoms with van der Waals surface area (Å²) in [5.74, 6) is -1.06. The molecule has 0 bridgehead atoms. The molecular formula is C30H25NO4. The minimum atomic E-state index is -1.00. The summed E-state index contributed by atoms with van der Waals surface area (Å²) >= 11 is 0. The molecule has 0 unspecified atom stereocenters. The molecule has 0 aliphatic heterocycles. The molecule has 174 valence electrons. The van der Waals surface area contributed by atoms with Crippen LogP contribution in [0.2, 0.25) is 0 Å². The maximum absolute atomic E-state index is 12.8. The zero-order valence-electron chi connectivity index (χ0n) is 19.1. The van der Waals surface area contributed by atoms with Crippen LogP contribution >= 0.6 is 0 Å². The largest absolute Gasteiger partial charge is 0.481 e. The Hall–Kier alpha value is -4.38. The average Bonchev–Trinajstić information content (AvgIpc) is 3.21. The number of carbonyl (C=O) groups excluding carboxylic acids is 1. The standard InChI is InChI=1S/C30H25NO4/c32-29(33)18-28(22-12-8-11-21(17-22)20-9-2-1-3-10-20)31-30(34)35-19-27-25-15-6-4-13-23(25)24-14-5-7-16-26(24)27/h1-17,27-28H,18-19H2,(H,31,34)(H,32,33)/t28-/m0/s1. The van der Waals surface area contributed by atoms with Crippen molar-refractivity contribution in [3.8, 4) is 22.3 Å². The molecule has 5 heteroatoms. The van der Waals surface area contributed by atoms with Gasteiger partial charge < -0.3 is 15.2 Å². The molecule has 0 fully saturated rings. The lowest BCUT2D eigenvalue weighted by Crippen LogP contribution is -2.31. The van der Waals surface area contributed by atoms with E-state index in [1.807, 2.05) is 78.9 Å². The molecule has 0 saturated heterocycles. The number of hydrogen-bond acceptors (Lipinski definition) is 3. The second-order valence-electron chi connectivity index (χ2n) is 8.61. The number of carboxylic acids is 1. The predicted octanol–water partition coefficient (Wildman–Crippen LogP) is 6.41. The van der Waals surface area contributed by atoms with Gasteiger partial charge in [-0.05, 0) is 45.0 Å². The van der Waals surface area contributed by atoms with E-state index in [9.17, 15) is 14.7 Å². The van der Waals surface area contributed by atoms with Crippen LogP contribution < -0.4 is 5.32 Å². The van der Waals surface area contributed by atoms with Crippen LogP contribution in [-0.2, 0) is 9.53 Å². The maximum atomic E-state index is 12.8. The summed E-state index contributed by atoms with van der Waals surface area (Å²) in [6.45, 7) is 0.170. The molecule has 4 aromatic rings. The molecule has 5 nitrogen and oxygen atoms in total. The summed E-state index contributed by atoms with van der Waals surface area (Å²) < 4.78 is 5.65. The molecule has 2 N–H and O–H groups in total. The van der Waals surface area contributed by atoms with E-state index < -0.39 is 18.1 Å². The number of benzene rings is 4. The van der Waals surface area contributed by atoms with Crippen LogP contribution in [0, 0.1) is 0 Å². The quantitative estimate of drug-likeness (QED) is 0.332. The van der Waals surface area contributed by atoms with Crippen LogP contribution in [0.1, 0.15) is 35.1 Å². The summed E-state index contributed by atoms with van der Waals surface area (Å²) in [6, 6.07) is 32.9. The molecule has 1 atom stereocenters. The van der Waals surface area contributed by atoms with Crippen LogP contribution in [-0.4, -0.2) is 23.8 Å². The van der Waals surface area contributed by atoms with Gasteiger partial charge in [0, 0.05) is 5.92 Å². The zero-order chi connectivity index (χ0) is 24.2. The van der Waals surface area contributed by atoms with Crippen LogP contribution in [0.5, 0.6) is 0 Å². The lowest BCUT2D eigenvalue weighted by molar-refractivity contribution is -0.137. The summed E-state index contributed by atoms with van der Waals surface area (Å²) in [7, 11) is 0. The molecule has 0 radical (unpaired) electrons. The van der Waals surface area contributed by atoms with Gasteiger partial charge in [0.2, 0.25) is 0 Å². The van der Waals surface area contributed by atoms with Crippen LogP contribution in [0.25, 0.3) is 22.3 Å². The minimum Gasteiger partial charge on any atom is -0.481 e. The highest BCUT2D eigenvalue weighted by Gasteiger charge is 2.29. The van der Waals surface area contributed by atoms with Crippen LogP contribution in [0.3, 0.4) is 0 Å². The Bertz CT molecular complexity index is 1320. The second-order valence-corrected chi connectivity index (χ2v) is 8.61. The fourth-order valence-corrected chi connectivity index (χ4v) is 4.77. The molecule has 1 aliphatic rings. The molecule has 35 heavy (non-hydrogen) atoms. The van der Waals surface area contributed by atoms with Crippen molar-refractivity contribution in [2.45, 2.75) is 18.4 Å². The monoisotopic (exact) mass is 463 g/mol. The maximum Gasteiger partial charge on any atom is 0.407 e. The van der Waals surface area contributed by atoms with Crippen molar-refractivity contribution < 1.29 is 19.4 Å².